The highest BCUT2D eigenvalue weighted by Gasteiger charge is 2.45. The van der Waals surface area contributed by atoms with Gasteiger partial charge in [-0.2, -0.15) is 13.2 Å². The standard InChI is InChI=1S/C19H17BrF3N3O2/c1-9-8-26(18(27)15-6-13(20)14(24)7-25-15)17-12-3-2-11(19(21,22)23)4-10(12)5-16(17)28-9/h2-4,6-7,9,16-17H,5,8,24H2,1H3. The summed E-state index contributed by atoms with van der Waals surface area (Å²) in [4.78, 5) is 18.9. The number of fused-ring (bicyclic) bond motifs is 3. The number of carbonyl (C=O) groups is 1. The number of rotatable bonds is 1. The molecule has 3 unspecified atom stereocenters. The Balaban J connectivity index is 1.72. The molecular formula is C19H17BrF3N3O2. The van der Waals surface area contributed by atoms with E-state index < -0.39 is 17.8 Å². The first-order chi connectivity index (χ1) is 13.1. The first-order valence-electron chi connectivity index (χ1n) is 8.72. The van der Waals surface area contributed by atoms with E-state index in [9.17, 15) is 18.0 Å². The van der Waals surface area contributed by atoms with Gasteiger partial charge in [-0.05, 0) is 52.2 Å². The van der Waals surface area contributed by atoms with Crippen LogP contribution in [0.4, 0.5) is 18.9 Å². The molecule has 2 aliphatic rings. The maximum Gasteiger partial charge on any atom is 0.416 e. The summed E-state index contributed by atoms with van der Waals surface area (Å²) >= 11 is 3.29. The van der Waals surface area contributed by atoms with Crippen LogP contribution in [0.25, 0.3) is 0 Å². The monoisotopic (exact) mass is 455 g/mol. The molecule has 1 aliphatic heterocycles. The van der Waals surface area contributed by atoms with Crippen LogP contribution in [0.1, 0.15) is 40.1 Å². The molecule has 2 aromatic rings. The van der Waals surface area contributed by atoms with E-state index in [1.165, 1.54) is 12.3 Å². The molecule has 1 aliphatic carbocycles. The number of ether oxygens (including phenoxy) is 1. The van der Waals surface area contributed by atoms with Gasteiger partial charge in [0.15, 0.2) is 0 Å². The summed E-state index contributed by atoms with van der Waals surface area (Å²) in [5, 5.41) is 0. The fourth-order valence-electron chi connectivity index (χ4n) is 3.91. The number of anilines is 1. The summed E-state index contributed by atoms with van der Waals surface area (Å²) in [6.45, 7) is 2.16. The molecule has 4 rings (SSSR count). The number of halogens is 4. The zero-order valence-corrected chi connectivity index (χ0v) is 16.4. The average Bonchev–Trinajstić information content (AvgIpc) is 2.99. The quantitative estimate of drug-likeness (QED) is 0.706. The lowest BCUT2D eigenvalue weighted by molar-refractivity contribution is -0.137. The highest BCUT2D eigenvalue weighted by molar-refractivity contribution is 9.10. The number of amides is 1. The van der Waals surface area contributed by atoms with Crippen molar-refractivity contribution in [1.29, 1.82) is 0 Å². The first kappa shape index (κ1) is 19.2. The Bertz CT molecular complexity index is 951. The van der Waals surface area contributed by atoms with Crippen LogP contribution in [0, 0.1) is 0 Å². The molecule has 1 saturated heterocycles. The van der Waals surface area contributed by atoms with E-state index in [1.807, 2.05) is 6.92 Å². The molecule has 2 N–H and O–H groups in total. The summed E-state index contributed by atoms with van der Waals surface area (Å²) < 4.78 is 45.7. The highest BCUT2D eigenvalue weighted by Crippen LogP contribution is 2.43. The predicted octanol–water partition coefficient (Wildman–Crippen LogP) is 3.97. The molecule has 2 heterocycles. The van der Waals surface area contributed by atoms with Gasteiger partial charge in [0.05, 0.1) is 35.7 Å². The van der Waals surface area contributed by atoms with Crippen LogP contribution in [0.3, 0.4) is 0 Å². The Morgan fingerprint density at radius 3 is 2.79 bits per heavy atom. The van der Waals surface area contributed by atoms with Crippen LogP contribution >= 0.6 is 15.9 Å². The second-order valence-electron chi connectivity index (χ2n) is 7.09. The largest absolute Gasteiger partial charge is 0.416 e. The molecule has 1 aromatic carbocycles. The lowest BCUT2D eigenvalue weighted by atomic mass is 10.0. The minimum Gasteiger partial charge on any atom is -0.397 e. The van der Waals surface area contributed by atoms with Gasteiger partial charge in [-0.3, -0.25) is 4.79 Å². The topological polar surface area (TPSA) is 68.5 Å². The van der Waals surface area contributed by atoms with E-state index in [0.717, 1.165) is 12.1 Å². The lowest BCUT2D eigenvalue weighted by Gasteiger charge is -2.41. The number of carbonyl (C=O) groups excluding carboxylic acids is 1. The molecule has 1 aromatic heterocycles. The first-order valence-corrected chi connectivity index (χ1v) is 9.52. The summed E-state index contributed by atoms with van der Waals surface area (Å²) in [6, 6.07) is 4.77. The van der Waals surface area contributed by atoms with Gasteiger partial charge >= 0.3 is 6.18 Å². The maximum absolute atomic E-state index is 13.2. The molecule has 1 amide bonds. The van der Waals surface area contributed by atoms with Crippen molar-refractivity contribution in [3.8, 4) is 0 Å². The lowest BCUT2D eigenvalue weighted by Crippen LogP contribution is -2.50. The molecule has 3 atom stereocenters. The van der Waals surface area contributed by atoms with Crippen LogP contribution in [0.15, 0.2) is 34.9 Å². The van der Waals surface area contributed by atoms with E-state index in [4.69, 9.17) is 10.5 Å². The van der Waals surface area contributed by atoms with Crippen molar-refractivity contribution in [1.82, 2.24) is 9.88 Å². The summed E-state index contributed by atoms with van der Waals surface area (Å²) in [5.74, 6) is -0.307. The number of nitrogen functional groups attached to an aromatic ring is 1. The molecule has 5 nitrogen and oxygen atoms in total. The Kier molecular flexibility index (Phi) is 4.62. The number of hydrogen-bond donors (Lipinski definition) is 1. The number of alkyl halides is 3. The van der Waals surface area contributed by atoms with Crippen molar-refractivity contribution in [2.75, 3.05) is 12.3 Å². The fourth-order valence-corrected chi connectivity index (χ4v) is 4.23. The van der Waals surface area contributed by atoms with E-state index in [2.05, 4.69) is 20.9 Å². The summed E-state index contributed by atoms with van der Waals surface area (Å²) in [7, 11) is 0. The number of nitrogens with zero attached hydrogens (tertiary/aromatic N) is 2. The van der Waals surface area contributed by atoms with Crippen LogP contribution in [0.2, 0.25) is 0 Å². The Hall–Kier alpha value is -2.13. The van der Waals surface area contributed by atoms with Gasteiger partial charge in [0.25, 0.3) is 5.91 Å². The van der Waals surface area contributed by atoms with Crippen molar-refractivity contribution in [2.24, 2.45) is 0 Å². The number of pyridine rings is 1. The van der Waals surface area contributed by atoms with Gasteiger partial charge in [0.2, 0.25) is 0 Å². The van der Waals surface area contributed by atoms with Gasteiger partial charge in [0, 0.05) is 17.4 Å². The third-order valence-electron chi connectivity index (χ3n) is 5.12. The molecular weight excluding hydrogens is 439 g/mol. The Labute approximate surface area is 167 Å². The number of benzene rings is 1. The van der Waals surface area contributed by atoms with Crippen molar-refractivity contribution < 1.29 is 22.7 Å². The van der Waals surface area contributed by atoms with Crippen LogP contribution in [0.5, 0.6) is 0 Å². The second-order valence-corrected chi connectivity index (χ2v) is 7.95. The molecule has 0 spiro atoms. The highest BCUT2D eigenvalue weighted by atomic mass is 79.9. The van der Waals surface area contributed by atoms with E-state index >= 15 is 0 Å². The molecule has 148 valence electrons. The molecule has 1 fully saturated rings. The van der Waals surface area contributed by atoms with E-state index in [0.29, 0.717) is 34.3 Å². The smallest absolute Gasteiger partial charge is 0.397 e. The van der Waals surface area contributed by atoms with Gasteiger partial charge in [-0.25, -0.2) is 4.98 Å². The fraction of sp³-hybridized carbons (Fsp3) is 0.368. The zero-order valence-electron chi connectivity index (χ0n) is 14.8. The molecule has 0 radical (unpaired) electrons. The zero-order chi connectivity index (χ0) is 20.2. The van der Waals surface area contributed by atoms with Gasteiger partial charge in [-0.15, -0.1) is 0 Å². The van der Waals surface area contributed by atoms with Crippen molar-refractivity contribution in [3.05, 3.63) is 57.3 Å². The van der Waals surface area contributed by atoms with Crippen LogP contribution in [-0.4, -0.2) is 34.5 Å². The summed E-state index contributed by atoms with van der Waals surface area (Å²) in [5.41, 5.74) is 6.92. The van der Waals surface area contributed by atoms with Crippen LogP contribution in [-0.2, 0) is 17.3 Å². The molecule has 9 heteroatoms. The number of nitrogens with two attached hydrogens (primary N) is 1. The van der Waals surface area contributed by atoms with Gasteiger partial charge in [0.1, 0.15) is 5.69 Å². The molecule has 0 bridgehead atoms. The van der Waals surface area contributed by atoms with Crippen molar-refractivity contribution in [2.45, 2.75) is 37.8 Å². The van der Waals surface area contributed by atoms with Gasteiger partial charge in [-0.1, -0.05) is 6.07 Å². The second kappa shape index (κ2) is 6.73. The SMILES string of the molecule is CC1CN(C(=O)c2cc(Br)c(N)cn2)C2c3ccc(C(F)(F)F)cc3CC2O1. The normalized spacial score (nSPS) is 24.0. The van der Waals surface area contributed by atoms with E-state index in [-0.39, 0.29) is 23.8 Å². The maximum atomic E-state index is 13.2. The molecule has 0 saturated carbocycles. The van der Waals surface area contributed by atoms with Gasteiger partial charge < -0.3 is 15.4 Å². The number of aromatic nitrogens is 1. The minimum absolute atomic E-state index is 0.217. The molecule has 28 heavy (non-hydrogen) atoms. The van der Waals surface area contributed by atoms with Crippen molar-refractivity contribution >= 4 is 27.5 Å². The third-order valence-corrected chi connectivity index (χ3v) is 5.81. The number of morpholine rings is 1. The van der Waals surface area contributed by atoms with Crippen LogP contribution < -0.4 is 5.73 Å². The number of hydrogen-bond acceptors (Lipinski definition) is 4. The Morgan fingerprint density at radius 2 is 2.11 bits per heavy atom. The van der Waals surface area contributed by atoms with E-state index in [1.54, 1.807) is 11.0 Å². The average molecular weight is 456 g/mol. The Morgan fingerprint density at radius 1 is 1.36 bits per heavy atom. The predicted molar refractivity (Wildman–Crippen MR) is 99.6 cm³/mol. The minimum atomic E-state index is -4.41. The summed E-state index contributed by atoms with van der Waals surface area (Å²) in [6.07, 6.45) is -3.30. The van der Waals surface area contributed by atoms with Crippen molar-refractivity contribution in [3.63, 3.8) is 0 Å². The third kappa shape index (κ3) is 3.26.